The number of hydrogen-bond acceptors (Lipinski definition) is 2. The van der Waals surface area contributed by atoms with Gasteiger partial charge in [0.15, 0.2) is 0 Å². The second-order valence-electron chi connectivity index (χ2n) is 6.95. The van der Waals surface area contributed by atoms with E-state index in [9.17, 15) is 0 Å². The number of nitrogens with one attached hydrogen (secondary N) is 1. The number of fused-ring (bicyclic) bond motifs is 2. The van der Waals surface area contributed by atoms with E-state index < -0.39 is 0 Å². The minimum Gasteiger partial charge on any atom is -0.497 e. The topological polar surface area (TPSA) is 21.3 Å². The van der Waals surface area contributed by atoms with Gasteiger partial charge in [-0.1, -0.05) is 25.5 Å². The summed E-state index contributed by atoms with van der Waals surface area (Å²) in [5.74, 6) is 3.88. The SMILES string of the molecule is CCCNC(Cc1cccc(OC)c1)C1CC2CCC1C2. The number of rotatable bonds is 7. The summed E-state index contributed by atoms with van der Waals surface area (Å²) in [7, 11) is 1.75. The third-order valence-electron chi connectivity index (χ3n) is 5.56. The van der Waals surface area contributed by atoms with Gasteiger partial charge in [-0.3, -0.25) is 0 Å². The standard InChI is InChI=1S/C19H29NO/c1-3-9-20-19(18-12-15-7-8-16(18)10-15)13-14-5-4-6-17(11-14)21-2/h4-6,11,15-16,18-20H,3,7-10,12-13H2,1-2H3. The van der Waals surface area contributed by atoms with Crippen LogP contribution >= 0.6 is 0 Å². The Morgan fingerprint density at radius 1 is 1.29 bits per heavy atom. The van der Waals surface area contributed by atoms with E-state index in [0.717, 1.165) is 36.5 Å². The van der Waals surface area contributed by atoms with Crippen molar-refractivity contribution in [2.75, 3.05) is 13.7 Å². The van der Waals surface area contributed by atoms with Gasteiger partial charge in [0, 0.05) is 6.04 Å². The Kier molecular flexibility index (Phi) is 4.84. The summed E-state index contributed by atoms with van der Waals surface area (Å²) in [4.78, 5) is 0. The monoisotopic (exact) mass is 287 g/mol. The molecule has 21 heavy (non-hydrogen) atoms. The minimum absolute atomic E-state index is 0.646. The first-order valence-electron chi connectivity index (χ1n) is 8.66. The van der Waals surface area contributed by atoms with Crippen molar-refractivity contribution < 1.29 is 4.74 Å². The molecular formula is C19H29NO. The molecule has 2 fully saturated rings. The highest BCUT2D eigenvalue weighted by molar-refractivity contribution is 5.29. The highest BCUT2D eigenvalue weighted by Gasteiger charge is 2.42. The summed E-state index contributed by atoms with van der Waals surface area (Å²) in [6, 6.07) is 9.25. The molecule has 2 aliphatic carbocycles. The third kappa shape index (κ3) is 3.42. The molecule has 3 rings (SSSR count). The van der Waals surface area contributed by atoms with Crippen LogP contribution in [0.25, 0.3) is 0 Å². The summed E-state index contributed by atoms with van der Waals surface area (Å²) >= 11 is 0. The molecule has 0 aliphatic heterocycles. The van der Waals surface area contributed by atoms with Crippen LogP contribution in [0.4, 0.5) is 0 Å². The van der Waals surface area contributed by atoms with Crippen LogP contribution in [0.3, 0.4) is 0 Å². The molecule has 4 atom stereocenters. The Bertz CT molecular complexity index is 459. The van der Waals surface area contributed by atoms with E-state index >= 15 is 0 Å². The fourth-order valence-corrected chi connectivity index (χ4v) is 4.54. The van der Waals surface area contributed by atoms with Crippen molar-refractivity contribution in [3.8, 4) is 5.75 Å². The van der Waals surface area contributed by atoms with E-state index in [2.05, 4.69) is 30.4 Å². The molecule has 2 saturated carbocycles. The third-order valence-corrected chi connectivity index (χ3v) is 5.56. The zero-order valence-electron chi connectivity index (χ0n) is 13.5. The summed E-state index contributed by atoms with van der Waals surface area (Å²) in [6.45, 7) is 3.40. The van der Waals surface area contributed by atoms with Crippen LogP contribution < -0.4 is 10.1 Å². The lowest BCUT2D eigenvalue weighted by atomic mass is 9.81. The zero-order chi connectivity index (χ0) is 14.7. The Morgan fingerprint density at radius 2 is 2.19 bits per heavy atom. The van der Waals surface area contributed by atoms with Gasteiger partial charge < -0.3 is 10.1 Å². The van der Waals surface area contributed by atoms with Crippen LogP contribution in [0.2, 0.25) is 0 Å². The lowest BCUT2D eigenvalue weighted by Crippen LogP contribution is -2.40. The minimum atomic E-state index is 0.646. The molecule has 4 unspecified atom stereocenters. The molecule has 2 nitrogen and oxygen atoms in total. The first kappa shape index (κ1) is 14.9. The van der Waals surface area contributed by atoms with Gasteiger partial charge in [-0.25, -0.2) is 0 Å². The fourth-order valence-electron chi connectivity index (χ4n) is 4.54. The predicted octanol–water partition coefficient (Wildman–Crippen LogP) is 4.04. The van der Waals surface area contributed by atoms with Gasteiger partial charge in [0.1, 0.15) is 5.75 Å². The van der Waals surface area contributed by atoms with Crippen molar-refractivity contribution in [1.29, 1.82) is 0 Å². The highest BCUT2D eigenvalue weighted by atomic mass is 16.5. The largest absolute Gasteiger partial charge is 0.497 e. The lowest BCUT2D eigenvalue weighted by molar-refractivity contribution is 0.246. The van der Waals surface area contributed by atoms with Crippen molar-refractivity contribution >= 4 is 0 Å². The summed E-state index contributed by atoms with van der Waals surface area (Å²) in [6.07, 6.45) is 8.27. The fraction of sp³-hybridized carbons (Fsp3) is 0.684. The molecule has 0 heterocycles. The maximum absolute atomic E-state index is 5.37. The number of ether oxygens (including phenoxy) is 1. The zero-order valence-corrected chi connectivity index (χ0v) is 13.5. The molecule has 0 radical (unpaired) electrons. The Labute approximate surface area is 129 Å². The summed E-state index contributed by atoms with van der Waals surface area (Å²) < 4.78 is 5.37. The van der Waals surface area contributed by atoms with Gasteiger partial charge in [-0.2, -0.15) is 0 Å². The van der Waals surface area contributed by atoms with Crippen molar-refractivity contribution in [2.45, 2.75) is 51.5 Å². The smallest absolute Gasteiger partial charge is 0.119 e. The van der Waals surface area contributed by atoms with Gasteiger partial charge >= 0.3 is 0 Å². The normalized spacial score (nSPS) is 28.8. The van der Waals surface area contributed by atoms with Crippen molar-refractivity contribution in [1.82, 2.24) is 5.32 Å². The van der Waals surface area contributed by atoms with Crippen LogP contribution in [-0.4, -0.2) is 19.7 Å². The average Bonchev–Trinajstić information content (AvgIpc) is 3.14. The molecule has 2 aliphatic rings. The lowest BCUT2D eigenvalue weighted by Gasteiger charge is -2.31. The maximum Gasteiger partial charge on any atom is 0.119 e. The van der Waals surface area contributed by atoms with E-state index in [1.165, 1.54) is 37.7 Å². The molecule has 0 aromatic heterocycles. The Balaban J connectivity index is 1.69. The summed E-state index contributed by atoms with van der Waals surface area (Å²) in [5, 5.41) is 3.84. The van der Waals surface area contributed by atoms with Crippen LogP contribution in [0, 0.1) is 17.8 Å². The van der Waals surface area contributed by atoms with Crippen molar-refractivity contribution in [3.63, 3.8) is 0 Å². The molecular weight excluding hydrogens is 258 g/mol. The van der Waals surface area contributed by atoms with E-state index in [4.69, 9.17) is 4.74 Å². The Hall–Kier alpha value is -1.02. The van der Waals surface area contributed by atoms with Gasteiger partial charge in [-0.15, -0.1) is 0 Å². The molecule has 2 bridgehead atoms. The van der Waals surface area contributed by atoms with Crippen molar-refractivity contribution in [3.05, 3.63) is 29.8 Å². The first-order valence-corrected chi connectivity index (χ1v) is 8.66. The number of benzene rings is 1. The van der Waals surface area contributed by atoms with E-state index in [1.54, 1.807) is 7.11 Å². The van der Waals surface area contributed by atoms with Gasteiger partial charge in [0.2, 0.25) is 0 Å². The van der Waals surface area contributed by atoms with E-state index in [0.29, 0.717) is 6.04 Å². The van der Waals surface area contributed by atoms with Gasteiger partial charge in [0.05, 0.1) is 7.11 Å². The number of hydrogen-bond donors (Lipinski definition) is 1. The average molecular weight is 287 g/mol. The molecule has 1 aromatic carbocycles. The van der Waals surface area contributed by atoms with Gasteiger partial charge in [-0.05, 0) is 74.1 Å². The van der Waals surface area contributed by atoms with Crippen LogP contribution in [0.5, 0.6) is 5.75 Å². The second-order valence-corrected chi connectivity index (χ2v) is 6.95. The molecule has 0 saturated heterocycles. The van der Waals surface area contributed by atoms with Crippen LogP contribution in [0.15, 0.2) is 24.3 Å². The molecule has 2 heteroatoms. The number of methoxy groups -OCH3 is 1. The van der Waals surface area contributed by atoms with E-state index in [1.807, 2.05) is 6.07 Å². The predicted molar refractivity (Wildman–Crippen MR) is 87.7 cm³/mol. The van der Waals surface area contributed by atoms with E-state index in [-0.39, 0.29) is 0 Å². The second kappa shape index (κ2) is 6.83. The Morgan fingerprint density at radius 3 is 2.86 bits per heavy atom. The molecule has 1 aromatic rings. The quantitative estimate of drug-likeness (QED) is 0.817. The van der Waals surface area contributed by atoms with Crippen LogP contribution in [-0.2, 0) is 6.42 Å². The first-order chi connectivity index (χ1) is 10.3. The summed E-state index contributed by atoms with van der Waals surface area (Å²) in [5.41, 5.74) is 1.41. The molecule has 0 amide bonds. The molecule has 116 valence electrons. The highest BCUT2D eigenvalue weighted by Crippen LogP contribution is 2.49. The van der Waals surface area contributed by atoms with Gasteiger partial charge in [0.25, 0.3) is 0 Å². The maximum atomic E-state index is 5.37. The van der Waals surface area contributed by atoms with Crippen molar-refractivity contribution in [2.24, 2.45) is 17.8 Å². The molecule has 1 N–H and O–H groups in total. The van der Waals surface area contributed by atoms with Crippen LogP contribution in [0.1, 0.15) is 44.6 Å². The molecule has 0 spiro atoms.